The molecule has 21 heavy (non-hydrogen) atoms. The predicted molar refractivity (Wildman–Crippen MR) is 83.1 cm³/mol. The third-order valence-electron chi connectivity index (χ3n) is 4.14. The minimum atomic E-state index is 0.0961. The Kier molecular flexibility index (Phi) is 4.99. The molecule has 0 aliphatic carbocycles. The van der Waals surface area contributed by atoms with E-state index in [4.69, 9.17) is 0 Å². The van der Waals surface area contributed by atoms with Crippen LogP contribution in [0.2, 0.25) is 0 Å². The second kappa shape index (κ2) is 6.74. The highest BCUT2D eigenvalue weighted by Gasteiger charge is 2.20. The minimum Gasteiger partial charge on any atom is -0.341 e. The Morgan fingerprint density at radius 1 is 1.05 bits per heavy atom. The van der Waals surface area contributed by atoms with Gasteiger partial charge in [0.1, 0.15) is 0 Å². The van der Waals surface area contributed by atoms with E-state index in [-0.39, 0.29) is 11.8 Å². The Balaban J connectivity index is 2.00. The molecule has 1 saturated heterocycles. The van der Waals surface area contributed by atoms with Gasteiger partial charge < -0.3 is 9.80 Å². The van der Waals surface area contributed by atoms with E-state index in [0.717, 1.165) is 30.6 Å². The average molecular weight is 288 g/mol. The number of aryl methyl sites for hydroxylation is 2. The Morgan fingerprint density at radius 3 is 2.43 bits per heavy atom. The third-order valence-corrected chi connectivity index (χ3v) is 4.14. The largest absolute Gasteiger partial charge is 0.341 e. The van der Waals surface area contributed by atoms with Gasteiger partial charge in [0.15, 0.2) is 0 Å². The standard InChI is InChI=1S/C17H24N2O2/c1-13-5-6-14(2)16(11-13)12-17(21)19-8-4-7-18(9-10-19)15(3)20/h5-6,11H,4,7-10,12H2,1-3H3. The zero-order valence-corrected chi connectivity index (χ0v) is 13.2. The first-order chi connectivity index (χ1) is 9.97. The smallest absolute Gasteiger partial charge is 0.227 e. The van der Waals surface area contributed by atoms with E-state index in [9.17, 15) is 9.59 Å². The van der Waals surface area contributed by atoms with Crippen molar-refractivity contribution in [3.63, 3.8) is 0 Å². The molecule has 1 heterocycles. The van der Waals surface area contributed by atoms with Crippen molar-refractivity contribution in [2.75, 3.05) is 26.2 Å². The average Bonchev–Trinajstić information content (AvgIpc) is 2.68. The Labute approximate surface area is 126 Å². The second-order valence-electron chi connectivity index (χ2n) is 5.85. The zero-order chi connectivity index (χ0) is 15.4. The fourth-order valence-corrected chi connectivity index (χ4v) is 2.75. The summed E-state index contributed by atoms with van der Waals surface area (Å²) >= 11 is 0. The maximum atomic E-state index is 12.5. The monoisotopic (exact) mass is 288 g/mol. The van der Waals surface area contributed by atoms with Gasteiger partial charge >= 0.3 is 0 Å². The Hall–Kier alpha value is -1.84. The van der Waals surface area contributed by atoms with Crippen molar-refractivity contribution in [1.29, 1.82) is 0 Å². The van der Waals surface area contributed by atoms with Crippen molar-refractivity contribution in [3.8, 4) is 0 Å². The van der Waals surface area contributed by atoms with Crippen LogP contribution in [0.3, 0.4) is 0 Å². The Morgan fingerprint density at radius 2 is 1.71 bits per heavy atom. The summed E-state index contributed by atoms with van der Waals surface area (Å²) < 4.78 is 0. The number of amides is 2. The number of rotatable bonds is 2. The SMILES string of the molecule is CC(=O)N1CCCN(C(=O)Cc2cc(C)ccc2C)CC1. The van der Waals surface area contributed by atoms with Crippen molar-refractivity contribution in [1.82, 2.24) is 9.80 Å². The van der Waals surface area contributed by atoms with Crippen LogP contribution < -0.4 is 0 Å². The van der Waals surface area contributed by atoms with E-state index in [1.165, 1.54) is 5.56 Å². The van der Waals surface area contributed by atoms with E-state index < -0.39 is 0 Å². The van der Waals surface area contributed by atoms with Crippen LogP contribution in [-0.4, -0.2) is 47.8 Å². The van der Waals surface area contributed by atoms with E-state index in [0.29, 0.717) is 19.5 Å². The predicted octanol–water partition coefficient (Wildman–Crippen LogP) is 1.93. The molecule has 2 amide bonds. The molecule has 0 radical (unpaired) electrons. The highest BCUT2D eigenvalue weighted by Crippen LogP contribution is 2.13. The summed E-state index contributed by atoms with van der Waals surface area (Å²) in [5.41, 5.74) is 3.45. The molecule has 0 bridgehead atoms. The maximum Gasteiger partial charge on any atom is 0.227 e. The number of nitrogens with zero attached hydrogens (tertiary/aromatic N) is 2. The van der Waals surface area contributed by atoms with Gasteiger partial charge in [0, 0.05) is 33.1 Å². The summed E-state index contributed by atoms with van der Waals surface area (Å²) in [5, 5.41) is 0. The molecule has 4 heteroatoms. The molecule has 114 valence electrons. The van der Waals surface area contributed by atoms with Gasteiger partial charge in [-0.15, -0.1) is 0 Å². The van der Waals surface area contributed by atoms with E-state index in [1.54, 1.807) is 6.92 Å². The summed E-state index contributed by atoms with van der Waals surface area (Å²) in [4.78, 5) is 27.6. The topological polar surface area (TPSA) is 40.6 Å². The van der Waals surface area contributed by atoms with Gasteiger partial charge in [0.25, 0.3) is 0 Å². The van der Waals surface area contributed by atoms with Gasteiger partial charge in [0.05, 0.1) is 6.42 Å². The molecular weight excluding hydrogens is 264 g/mol. The number of carbonyl (C=O) groups excluding carboxylic acids is 2. The molecular formula is C17H24N2O2. The van der Waals surface area contributed by atoms with Gasteiger partial charge in [-0.2, -0.15) is 0 Å². The quantitative estimate of drug-likeness (QED) is 0.834. The van der Waals surface area contributed by atoms with Crippen LogP contribution in [-0.2, 0) is 16.0 Å². The molecule has 0 saturated carbocycles. The van der Waals surface area contributed by atoms with Gasteiger partial charge in [-0.05, 0) is 31.4 Å². The van der Waals surface area contributed by atoms with Crippen LogP contribution >= 0.6 is 0 Å². The van der Waals surface area contributed by atoms with Crippen LogP contribution in [0.4, 0.5) is 0 Å². The lowest BCUT2D eigenvalue weighted by Crippen LogP contribution is -2.37. The van der Waals surface area contributed by atoms with Gasteiger partial charge in [-0.3, -0.25) is 9.59 Å². The first kappa shape index (κ1) is 15.5. The lowest BCUT2D eigenvalue weighted by Gasteiger charge is -2.22. The second-order valence-corrected chi connectivity index (χ2v) is 5.85. The van der Waals surface area contributed by atoms with E-state index in [2.05, 4.69) is 18.2 Å². The number of hydrogen-bond acceptors (Lipinski definition) is 2. The Bertz CT molecular complexity index is 540. The summed E-state index contributed by atoms with van der Waals surface area (Å²) in [7, 11) is 0. The third kappa shape index (κ3) is 4.06. The minimum absolute atomic E-state index is 0.0961. The zero-order valence-electron chi connectivity index (χ0n) is 13.2. The van der Waals surface area contributed by atoms with E-state index >= 15 is 0 Å². The maximum absolute atomic E-state index is 12.5. The van der Waals surface area contributed by atoms with Crippen LogP contribution in [0.25, 0.3) is 0 Å². The number of hydrogen-bond donors (Lipinski definition) is 0. The van der Waals surface area contributed by atoms with E-state index in [1.807, 2.05) is 23.6 Å². The van der Waals surface area contributed by atoms with Gasteiger partial charge in [-0.25, -0.2) is 0 Å². The fraction of sp³-hybridized carbons (Fsp3) is 0.529. The summed E-state index contributed by atoms with van der Waals surface area (Å²) in [6.45, 7) is 8.47. The van der Waals surface area contributed by atoms with Crippen molar-refractivity contribution in [2.45, 2.75) is 33.6 Å². The molecule has 0 spiro atoms. The lowest BCUT2D eigenvalue weighted by atomic mass is 10.0. The molecule has 2 rings (SSSR count). The highest BCUT2D eigenvalue weighted by molar-refractivity contribution is 5.79. The van der Waals surface area contributed by atoms with Crippen LogP contribution in [0, 0.1) is 13.8 Å². The molecule has 0 aromatic heterocycles. The first-order valence-electron chi connectivity index (χ1n) is 7.57. The van der Waals surface area contributed by atoms with Crippen LogP contribution in [0.15, 0.2) is 18.2 Å². The van der Waals surface area contributed by atoms with Crippen molar-refractivity contribution >= 4 is 11.8 Å². The molecule has 0 atom stereocenters. The summed E-state index contributed by atoms with van der Waals surface area (Å²) in [6.07, 6.45) is 1.31. The molecule has 1 aliphatic heterocycles. The molecule has 1 aromatic carbocycles. The van der Waals surface area contributed by atoms with Crippen LogP contribution in [0.5, 0.6) is 0 Å². The van der Waals surface area contributed by atoms with Gasteiger partial charge in [0.2, 0.25) is 11.8 Å². The first-order valence-corrected chi connectivity index (χ1v) is 7.57. The van der Waals surface area contributed by atoms with Crippen LogP contribution in [0.1, 0.15) is 30.0 Å². The normalized spacial score (nSPS) is 15.8. The van der Waals surface area contributed by atoms with Crippen molar-refractivity contribution in [2.24, 2.45) is 0 Å². The number of carbonyl (C=O) groups is 2. The summed E-state index contributed by atoms with van der Waals surface area (Å²) in [5.74, 6) is 0.257. The van der Waals surface area contributed by atoms with Gasteiger partial charge in [-0.1, -0.05) is 23.8 Å². The molecule has 4 nitrogen and oxygen atoms in total. The molecule has 1 aliphatic rings. The molecule has 0 N–H and O–H groups in total. The fourth-order valence-electron chi connectivity index (χ4n) is 2.75. The molecule has 0 unspecified atom stereocenters. The summed E-state index contributed by atoms with van der Waals surface area (Å²) in [6, 6.07) is 6.23. The van der Waals surface area contributed by atoms with Crippen molar-refractivity contribution in [3.05, 3.63) is 34.9 Å². The highest BCUT2D eigenvalue weighted by atomic mass is 16.2. The lowest BCUT2D eigenvalue weighted by molar-refractivity contribution is -0.132. The molecule has 1 aromatic rings. The molecule has 1 fully saturated rings. The van der Waals surface area contributed by atoms with Crippen molar-refractivity contribution < 1.29 is 9.59 Å². The number of benzene rings is 1.